The highest BCUT2D eigenvalue weighted by molar-refractivity contribution is 5.73. The van der Waals surface area contributed by atoms with Crippen molar-refractivity contribution in [1.29, 1.82) is 0 Å². The van der Waals surface area contributed by atoms with Crippen LogP contribution in [0.4, 0.5) is 0 Å². The Morgan fingerprint density at radius 3 is 2.55 bits per heavy atom. The third-order valence-corrected chi connectivity index (χ3v) is 3.86. The predicted octanol–water partition coefficient (Wildman–Crippen LogP) is 3.14. The van der Waals surface area contributed by atoms with Crippen LogP contribution in [0.2, 0.25) is 0 Å². The maximum atomic E-state index is 11.0. The van der Waals surface area contributed by atoms with Crippen molar-refractivity contribution in [2.45, 2.75) is 45.1 Å². The minimum Gasteiger partial charge on any atom is -0.296 e. The van der Waals surface area contributed by atoms with E-state index in [1.54, 1.807) is 0 Å². The summed E-state index contributed by atoms with van der Waals surface area (Å²) in [6, 6.07) is 8.59. The lowest BCUT2D eigenvalue weighted by atomic mass is 10.0. The van der Waals surface area contributed by atoms with Gasteiger partial charge in [0.1, 0.15) is 5.69 Å². The third-order valence-electron chi connectivity index (χ3n) is 3.86. The Morgan fingerprint density at radius 2 is 2.00 bits per heavy atom. The van der Waals surface area contributed by atoms with E-state index < -0.39 is 0 Å². The lowest BCUT2D eigenvalue weighted by molar-refractivity contribution is 0.111. The zero-order valence-electron chi connectivity index (χ0n) is 11.9. The zero-order chi connectivity index (χ0) is 14.1. The van der Waals surface area contributed by atoms with Gasteiger partial charge in [0, 0.05) is 5.92 Å². The molecule has 20 heavy (non-hydrogen) atoms. The zero-order valence-corrected chi connectivity index (χ0v) is 11.9. The molecule has 0 N–H and O–H groups in total. The van der Waals surface area contributed by atoms with E-state index in [0.29, 0.717) is 24.1 Å². The molecule has 0 radical (unpaired) electrons. The Labute approximate surface area is 118 Å². The smallest absolute Gasteiger partial charge is 0.172 e. The molecule has 0 aliphatic heterocycles. The highest BCUT2D eigenvalue weighted by Crippen LogP contribution is 2.40. The molecule has 104 valence electrons. The van der Waals surface area contributed by atoms with Crippen LogP contribution in [-0.4, -0.2) is 21.3 Å². The quantitative estimate of drug-likeness (QED) is 0.783. The van der Waals surface area contributed by atoms with Crippen molar-refractivity contribution in [2.24, 2.45) is 0 Å². The second kappa shape index (κ2) is 5.19. The van der Waals surface area contributed by atoms with E-state index in [1.165, 1.54) is 11.1 Å². The SMILES string of the molecule is CC(C)c1ccc(Cn2nnc(C=O)c2C2CC2)cc1. The average molecular weight is 269 g/mol. The van der Waals surface area contributed by atoms with Crippen molar-refractivity contribution in [3.8, 4) is 0 Å². The number of aromatic nitrogens is 3. The van der Waals surface area contributed by atoms with Gasteiger partial charge in [0.2, 0.25) is 0 Å². The van der Waals surface area contributed by atoms with Gasteiger partial charge in [0.25, 0.3) is 0 Å². The number of nitrogens with zero attached hydrogens (tertiary/aromatic N) is 3. The van der Waals surface area contributed by atoms with Crippen LogP contribution in [0.5, 0.6) is 0 Å². The fraction of sp³-hybridized carbons (Fsp3) is 0.438. The van der Waals surface area contributed by atoms with Crippen LogP contribution in [0.3, 0.4) is 0 Å². The van der Waals surface area contributed by atoms with Gasteiger partial charge >= 0.3 is 0 Å². The summed E-state index contributed by atoms with van der Waals surface area (Å²) in [4.78, 5) is 11.0. The first-order chi connectivity index (χ1) is 9.69. The van der Waals surface area contributed by atoms with E-state index in [-0.39, 0.29) is 0 Å². The molecule has 3 rings (SSSR count). The van der Waals surface area contributed by atoms with Gasteiger partial charge in [-0.05, 0) is 29.9 Å². The molecule has 0 saturated heterocycles. The van der Waals surface area contributed by atoms with Crippen molar-refractivity contribution in [1.82, 2.24) is 15.0 Å². The molecule has 0 amide bonds. The molecule has 0 spiro atoms. The minimum absolute atomic E-state index is 0.472. The number of rotatable bonds is 5. The summed E-state index contributed by atoms with van der Waals surface area (Å²) in [7, 11) is 0. The Balaban J connectivity index is 1.84. The van der Waals surface area contributed by atoms with Crippen LogP contribution < -0.4 is 0 Å². The van der Waals surface area contributed by atoms with Gasteiger partial charge in [0.05, 0.1) is 12.2 Å². The summed E-state index contributed by atoms with van der Waals surface area (Å²) in [5, 5.41) is 8.12. The predicted molar refractivity (Wildman–Crippen MR) is 77.0 cm³/mol. The number of hydrogen-bond donors (Lipinski definition) is 0. The molecule has 1 fully saturated rings. The molecule has 1 aromatic carbocycles. The Morgan fingerprint density at radius 1 is 1.30 bits per heavy atom. The van der Waals surface area contributed by atoms with Crippen LogP contribution >= 0.6 is 0 Å². The lowest BCUT2D eigenvalue weighted by Gasteiger charge is -2.08. The second-order valence-electron chi connectivity index (χ2n) is 5.81. The average Bonchev–Trinajstić information content (AvgIpc) is 3.21. The normalized spacial score (nSPS) is 14.8. The monoisotopic (exact) mass is 269 g/mol. The van der Waals surface area contributed by atoms with Crippen LogP contribution in [0.1, 0.15) is 65.8 Å². The first-order valence-electron chi connectivity index (χ1n) is 7.16. The van der Waals surface area contributed by atoms with Gasteiger partial charge in [-0.2, -0.15) is 0 Å². The molecular formula is C16H19N3O. The van der Waals surface area contributed by atoms with Gasteiger partial charge < -0.3 is 0 Å². The van der Waals surface area contributed by atoms with Crippen LogP contribution in [-0.2, 0) is 6.54 Å². The van der Waals surface area contributed by atoms with Gasteiger partial charge in [-0.1, -0.05) is 43.3 Å². The van der Waals surface area contributed by atoms with Crippen molar-refractivity contribution in [2.75, 3.05) is 0 Å². The summed E-state index contributed by atoms with van der Waals surface area (Å²) in [5.74, 6) is 1.01. The topological polar surface area (TPSA) is 47.8 Å². The molecule has 4 nitrogen and oxygen atoms in total. The standard InChI is InChI=1S/C16H19N3O/c1-11(2)13-5-3-12(4-6-13)9-19-16(14-7-8-14)15(10-20)17-18-19/h3-6,10-11,14H,7-9H2,1-2H3. The summed E-state index contributed by atoms with van der Waals surface area (Å²) in [6.45, 7) is 5.06. The molecular weight excluding hydrogens is 250 g/mol. The fourth-order valence-corrected chi connectivity index (χ4v) is 2.49. The van der Waals surface area contributed by atoms with Crippen LogP contribution in [0.15, 0.2) is 24.3 Å². The largest absolute Gasteiger partial charge is 0.296 e. The van der Waals surface area contributed by atoms with Crippen molar-refractivity contribution in [3.05, 3.63) is 46.8 Å². The molecule has 0 atom stereocenters. The van der Waals surface area contributed by atoms with E-state index in [2.05, 4.69) is 48.4 Å². The molecule has 1 saturated carbocycles. The van der Waals surface area contributed by atoms with E-state index in [9.17, 15) is 4.79 Å². The highest BCUT2D eigenvalue weighted by Gasteiger charge is 2.31. The van der Waals surface area contributed by atoms with Crippen molar-refractivity contribution >= 4 is 6.29 Å². The van der Waals surface area contributed by atoms with Gasteiger partial charge in [-0.25, -0.2) is 4.68 Å². The van der Waals surface area contributed by atoms with Crippen LogP contribution in [0.25, 0.3) is 0 Å². The molecule has 2 aromatic rings. The molecule has 1 aliphatic rings. The molecule has 0 bridgehead atoms. The number of carbonyl (C=O) groups excluding carboxylic acids is 1. The second-order valence-corrected chi connectivity index (χ2v) is 5.81. The summed E-state index contributed by atoms with van der Waals surface area (Å²) in [6.07, 6.45) is 3.10. The van der Waals surface area contributed by atoms with Crippen molar-refractivity contribution in [3.63, 3.8) is 0 Å². The summed E-state index contributed by atoms with van der Waals surface area (Å²) >= 11 is 0. The number of aldehydes is 1. The van der Waals surface area contributed by atoms with E-state index in [4.69, 9.17) is 0 Å². The minimum atomic E-state index is 0.472. The first kappa shape index (κ1) is 13.0. The molecule has 1 aromatic heterocycles. The van der Waals surface area contributed by atoms with E-state index >= 15 is 0 Å². The van der Waals surface area contributed by atoms with Crippen LogP contribution in [0, 0.1) is 0 Å². The Hall–Kier alpha value is -1.97. The lowest BCUT2D eigenvalue weighted by Crippen LogP contribution is -2.06. The Bertz CT molecular complexity index is 609. The molecule has 1 heterocycles. The summed E-state index contributed by atoms with van der Waals surface area (Å²) in [5.41, 5.74) is 4.04. The number of carbonyl (C=O) groups is 1. The number of benzene rings is 1. The summed E-state index contributed by atoms with van der Waals surface area (Å²) < 4.78 is 1.88. The number of hydrogen-bond acceptors (Lipinski definition) is 3. The fourth-order valence-electron chi connectivity index (χ4n) is 2.49. The molecule has 1 aliphatic carbocycles. The maximum absolute atomic E-state index is 11.0. The highest BCUT2D eigenvalue weighted by atomic mass is 16.1. The molecule has 4 heteroatoms. The maximum Gasteiger partial charge on any atom is 0.172 e. The Kier molecular flexibility index (Phi) is 3.38. The molecule has 0 unspecified atom stereocenters. The van der Waals surface area contributed by atoms with E-state index in [1.807, 2.05) is 4.68 Å². The van der Waals surface area contributed by atoms with Gasteiger partial charge in [-0.15, -0.1) is 5.10 Å². The van der Waals surface area contributed by atoms with Gasteiger partial charge in [0.15, 0.2) is 6.29 Å². The van der Waals surface area contributed by atoms with Gasteiger partial charge in [-0.3, -0.25) is 4.79 Å². The van der Waals surface area contributed by atoms with E-state index in [0.717, 1.165) is 24.8 Å². The first-order valence-corrected chi connectivity index (χ1v) is 7.16. The third kappa shape index (κ3) is 2.50. The van der Waals surface area contributed by atoms with Crippen molar-refractivity contribution < 1.29 is 4.79 Å².